The van der Waals surface area contributed by atoms with Crippen LogP contribution in [0.5, 0.6) is 0 Å². The average Bonchev–Trinajstić information content (AvgIpc) is 2.54. The number of pyridine rings is 1. The molecule has 0 saturated carbocycles. The maximum absolute atomic E-state index is 12.5. The largest absolute Gasteiger partial charge is 0.339 e. The zero-order valence-corrected chi connectivity index (χ0v) is 15.9. The van der Waals surface area contributed by atoms with Crippen LogP contribution < -0.4 is 0 Å². The van der Waals surface area contributed by atoms with Crippen molar-refractivity contribution in [2.45, 2.75) is 58.0 Å². The van der Waals surface area contributed by atoms with Crippen LogP contribution in [0.4, 0.5) is 0 Å². The number of likely N-dealkylation sites (tertiary alicyclic amines) is 1. The summed E-state index contributed by atoms with van der Waals surface area (Å²) in [6.45, 7) is 9.42. The Labute approximate surface area is 148 Å². The van der Waals surface area contributed by atoms with E-state index in [0.717, 1.165) is 29.9 Å². The van der Waals surface area contributed by atoms with Crippen molar-refractivity contribution in [1.29, 1.82) is 0 Å². The monoisotopic (exact) mass is 342 g/mol. The van der Waals surface area contributed by atoms with Crippen molar-refractivity contribution in [3.63, 3.8) is 0 Å². The summed E-state index contributed by atoms with van der Waals surface area (Å²) in [5.41, 5.74) is 4.75. The van der Waals surface area contributed by atoms with Crippen LogP contribution in [0.15, 0.2) is 23.2 Å². The first-order valence-electron chi connectivity index (χ1n) is 8.76. The first-order chi connectivity index (χ1) is 11.5. The molecule has 1 aliphatic rings. The minimum absolute atomic E-state index is 0.243. The SMILES string of the molecule is Cc1cc(C)c2nc(SCC(=O)N3CCCCC3C)cc(C)c2c1. The molecule has 0 radical (unpaired) electrons. The highest BCUT2D eigenvalue weighted by Gasteiger charge is 2.23. The van der Waals surface area contributed by atoms with Crippen LogP contribution in [-0.2, 0) is 4.79 Å². The molecule has 1 aromatic heterocycles. The van der Waals surface area contributed by atoms with Crippen LogP contribution in [0, 0.1) is 20.8 Å². The van der Waals surface area contributed by atoms with Crippen LogP contribution in [0.2, 0.25) is 0 Å². The number of carbonyl (C=O) groups excluding carboxylic acids is 1. The van der Waals surface area contributed by atoms with Gasteiger partial charge < -0.3 is 4.90 Å². The summed E-state index contributed by atoms with van der Waals surface area (Å²) < 4.78 is 0. The van der Waals surface area contributed by atoms with Crippen molar-refractivity contribution in [1.82, 2.24) is 9.88 Å². The van der Waals surface area contributed by atoms with Gasteiger partial charge in [-0.05, 0) is 70.2 Å². The number of rotatable bonds is 3. The van der Waals surface area contributed by atoms with Gasteiger partial charge in [0.15, 0.2) is 0 Å². The normalized spacial score (nSPS) is 18.2. The minimum atomic E-state index is 0.243. The Morgan fingerprint density at radius 2 is 2.00 bits per heavy atom. The molecule has 1 atom stereocenters. The number of aryl methyl sites for hydroxylation is 3. The minimum Gasteiger partial charge on any atom is -0.339 e. The molecule has 1 fully saturated rings. The summed E-state index contributed by atoms with van der Waals surface area (Å²) in [6.07, 6.45) is 3.50. The van der Waals surface area contributed by atoms with Crippen molar-refractivity contribution >= 4 is 28.6 Å². The predicted molar refractivity (Wildman–Crippen MR) is 102 cm³/mol. The number of fused-ring (bicyclic) bond motifs is 1. The molecule has 0 aliphatic carbocycles. The number of aromatic nitrogens is 1. The van der Waals surface area contributed by atoms with Crippen LogP contribution in [0.1, 0.15) is 42.9 Å². The lowest BCUT2D eigenvalue weighted by Gasteiger charge is -2.33. The first kappa shape index (κ1) is 17.3. The molecule has 3 nitrogen and oxygen atoms in total. The number of hydrogen-bond donors (Lipinski definition) is 0. The fourth-order valence-corrected chi connectivity index (χ4v) is 4.43. The number of hydrogen-bond acceptors (Lipinski definition) is 3. The smallest absolute Gasteiger partial charge is 0.233 e. The lowest BCUT2D eigenvalue weighted by Crippen LogP contribution is -2.42. The number of piperidine rings is 1. The molecule has 3 rings (SSSR count). The van der Waals surface area contributed by atoms with E-state index in [-0.39, 0.29) is 5.91 Å². The number of amides is 1. The summed E-state index contributed by atoms with van der Waals surface area (Å²) in [6, 6.07) is 6.85. The van der Waals surface area contributed by atoms with Gasteiger partial charge in [-0.15, -0.1) is 0 Å². The fraction of sp³-hybridized carbons (Fsp3) is 0.500. The molecule has 1 aromatic carbocycles. The van der Waals surface area contributed by atoms with Gasteiger partial charge in [-0.3, -0.25) is 4.79 Å². The van der Waals surface area contributed by atoms with Crippen molar-refractivity contribution in [2.75, 3.05) is 12.3 Å². The third-order valence-electron chi connectivity index (χ3n) is 4.90. The van der Waals surface area contributed by atoms with E-state index in [9.17, 15) is 4.79 Å². The molecule has 2 aromatic rings. The molecule has 4 heteroatoms. The van der Waals surface area contributed by atoms with Crippen molar-refractivity contribution in [3.05, 3.63) is 34.9 Å². The number of thioether (sulfide) groups is 1. The maximum atomic E-state index is 12.5. The van der Waals surface area contributed by atoms with Gasteiger partial charge >= 0.3 is 0 Å². The lowest BCUT2D eigenvalue weighted by molar-refractivity contribution is -0.131. The quantitative estimate of drug-likeness (QED) is 0.761. The number of nitrogens with zero attached hydrogens (tertiary/aromatic N) is 2. The third kappa shape index (κ3) is 3.59. The Morgan fingerprint density at radius 3 is 2.75 bits per heavy atom. The Hall–Kier alpha value is -1.55. The van der Waals surface area contributed by atoms with Gasteiger partial charge in [0, 0.05) is 18.0 Å². The Kier molecular flexibility index (Phi) is 5.14. The Balaban J connectivity index is 1.77. The molecule has 24 heavy (non-hydrogen) atoms. The maximum Gasteiger partial charge on any atom is 0.233 e. The zero-order valence-electron chi connectivity index (χ0n) is 15.1. The highest BCUT2D eigenvalue weighted by molar-refractivity contribution is 7.99. The van der Waals surface area contributed by atoms with E-state index in [1.165, 1.54) is 28.5 Å². The van der Waals surface area contributed by atoms with Crippen molar-refractivity contribution in [2.24, 2.45) is 0 Å². The summed E-state index contributed by atoms with van der Waals surface area (Å²) >= 11 is 1.56. The highest BCUT2D eigenvalue weighted by atomic mass is 32.2. The molecule has 0 N–H and O–H groups in total. The van der Waals surface area contributed by atoms with Crippen LogP contribution in [0.25, 0.3) is 10.9 Å². The number of benzene rings is 1. The van der Waals surface area contributed by atoms with Gasteiger partial charge in [-0.1, -0.05) is 23.4 Å². The molecule has 1 aliphatic heterocycles. The van der Waals surface area contributed by atoms with Crippen molar-refractivity contribution in [3.8, 4) is 0 Å². The Bertz CT molecular complexity index is 772. The van der Waals surface area contributed by atoms with E-state index in [4.69, 9.17) is 4.98 Å². The van der Waals surface area contributed by atoms with Crippen LogP contribution >= 0.6 is 11.8 Å². The molecular formula is C20H26N2OS. The van der Waals surface area contributed by atoms with Crippen LogP contribution in [0.3, 0.4) is 0 Å². The summed E-state index contributed by atoms with van der Waals surface area (Å²) in [7, 11) is 0. The molecule has 1 amide bonds. The number of carbonyl (C=O) groups is 1. The molecule has 128 valence electrons. The van der Waals surface area contributed by atoms with Crippen LogP contribution in [-0.4, -0.2) is 34.1 Å². The van der Waals surface area contributed by atoms with E-state index >= 15 is 0 Å². The first-order valence-corrected chi connectivity index (χ1v) is 9.75. The molecular weight excluding hydrogens is 316 g/mol. The summed E-state index contributed by atoms with van der Waals surface area (Å²) in [5.74, 6) is 0.722. The summed E-state index contributed by atoms with van der Waals surface area (Å²) in [5, 5.41) is 2.16. The second-order valence-electron chi connectivity index (χ2n) is 6.98. The van der Waals surface area contributed by atoms with E-state index in [1.807, 2.05) is 4.90 Å². The topological polar surface area (TPSA) is 33.2 Å². The van der Waals surface area contributed by atoms with E-state index in [0.29, 0.717) is 11.8 Å². The third-order valence-corrected chi connectivity index (χ3v) is 5.79. The molecule has 0 spiro atoms. The van der Waals surface area contributed by atoms with Gasteiger partial charge in [0.1, 0.15) is 0 Å². The second-order valence-corrected chi connectivity index (χ2v) is 7.97. The van der Waals surface area contributed by atoms with E-state index in [1.54, 1.807) is 11.8 Å². The van der Waals surface area contributed by atoms with E-state index < -0.39 is 0 Å². The van der Waals surface area contributed by atoms with Crippen molar-refractivity contribution < 1.29 is 4.79 Å². The van der Waals surface area contributed by atoms with Gasteiger partial charge in [-0.25, -0.2) is 4.98 Å². The van der Waals surface area contributed by atoms with Gasteiger partial charge in [0.05, 0.1) is 16.3 Å². The Morgan fingerprint density at radius 1 is 1.21 bits per heavy atom. The van der Waals surface area contributed by atoms with E-state index in [2.05, 4.69) is 45.9 Å². The van der Waals surface area contributed by atoms with Gasteiger partial charge in [-0.2, -0.15) is 0 Å². The molecule has 1 unspecified atom stereocenters. The van der Waals surface area contributed by atoms with Gasteiger partial charge in [0.25, 0.3) is 0 Å². The average molecular weight is 343 g/mol. The fourth-order valence-electron chi connectivity index (χ4n) is 3.58. The van der Waals surface area contributed by atoms with Gasteiger partial charge in [0.2, 0.25) is 5.91 Å². The summed E-state index contributed by atoms with van der Waals surface area (Å²) in [4.78, 5) is 19.4. The zero-order chi connectivity index (χ0) is 17.3. The lowest BCUT2D eigenvalue weighted by atomic mass is 10.0. The standard InChI is InChI=1S/C20H26N2OS/c1-13-9-15(3)20-17(10-13)14(2)11-18(21-20)24-12-19(23)22-8-6-5-7-16(22)4/h9-11,16H,5-8,12H2,1-4H3. The molecule has 2 heterocycles. The predicted octanol–water partition coefficient (Wildman–Crippen LogP) is 4.65. The second kappa shape index (κ2) is 7.14. The molecule has 0 bridgehead atoms. The highest BCUT2D eigenvalue weighted by Crippen LogP contribution is 2.27. The molecule has 1 saturated heterocycles.